The van der Waals surface area contributed by atoms with E-state index in [4.69, 9.17) is 0 Å². The van der Waals surface area contributed by atoms with E-state index in [2.05, 4.69) is 22.3 Å². The van der Waals surface area contributed by atoms with Gasteiger partial charge in [-0.1, -0.05) is 31.2 Å². The van der Waals surface area contributed by atoms with Crippen molar-refractivity contribution in [2.24, 2.45) is 0 Å². The number of carbonyl (C=O) groups is 1. The van der Waals surface area contributed by atoms with Crippen LogP contribution in [0.15, 0.2) is 59.5 Å². The van der Waals surface area contributed by atoms with Gasteiger partial charge in [-0.3, -0.25) is 9.52 Å². The molecule has 0 aromatic heterocycles. The summed E-state index contributed by atoms with van der Waals surface area (Å²) < 4.78 is 27.2. The number of nitrogens with one attached hydrogen (secondary N) is 3. The van der Waals surface area contributed by atoms with Crippen molar-refractivity contribution in [2.45, 2.75) is 18.2 Å². The van der Waals surface area contributed by atoms with E-state index in [9.17, 15) is 13.2 Å². The molecular weight excluding hydrogens is 374 g/mol. The Bertz CT molecular complexity index is 798. The van der Waals surface area contributed by atoms with Crippen LogP contribution in [-0.2, 0) is 10.0 Å². The van der Waals surface area contributed by atoms with Crippen LogP contribution in [0.25, 0.3) is 0 Å². The highest BCUT2D eigenvalue weighted by molar-refractivity contribution is 7.92. The Balaban J connectivity index is 0.00000338. The lowest BCUT2D eigenvalue weighted by Crippen LogP contribution is -2.32. The summed E-state index contributed by atoms with van der Waals surface area (Å²) in [6, 6.07) is 14.5. The average molecular weight is 398 g/mol. The molecule has 142 valence electrons. The minimum atomic E-state index is -3.67. The van der Waals surface area contributed by atoms with Crippen molar-refractivity contribution in [2.75, 3.05) is 24.4 Å². The first-order valence-electron chi connectivity index (χ1n) is 8.20. The van der Waals surface area contributed by atoms with Crippen LogP contribution in [0.2, 0.25) is 0 Å². The van der Waals surface area contributed by atoms with Crippen LogP contribution in [0.4, 0.5) is 5.69 Å². The van der Waals surface area contributed by atoms with Crippen LogP contribution in [0.3, 0.4) is 0 Å². The van der Waals surface area contributed by atoms with Gasteiger partial charge in [-0.15, -0.1) is 12.4 Å². The van der Waals surface area contributed by atoms with Crippen LogP contribution >= 0.6 is 12.4 Å². The summed E-state index contributed by atoms with van der Waals surface area (Å²) >= 11 is 0. The first-order valence-corrected chi connectivity index (χ1v) is 9.68. The maximum atomic E-state index is 12.3. The van der Waals surface area contributed by atoms with E-state index in [-0.39, 0.29) is 23.2 Å². The third-order valence-electron chi connectivity index (χ3n) is 3.44. The van der Waals surface area contributed by atoms with Gasteiger partial charge < -0.3 is 10.6 Å². The van der Waals surface area contributed by atoms with Gasteiger partial charge >= 0.3 is 0 Å². The molecule has 0 fully saturated rings. The van der Waals surface area contributed by atoms with Gasteiger partial charge in [0.2, 0.25) is 0 Å². The van der Waals surface area contributed by atoms with Gasteiger partial charge in [-0.25, -0.2) is 8.42 Å². The SMILES string of the molecule is CCCNCCNC(=O)c1cccc(NS(=O)(=O)c2ccccc2)c1.Cl. The molecule has 0 unspecified atom stereocenters. The third-order valence-corrected chi connectivity index (χ3v) is 4.84. The molecule has 0 bridgehead atoms. The van der Waals surface area contributed by atoms with Crippen LogP contribution in [0, 0.1) is 0 Å². The number of sulfonamides is 1. The molecule has 0 aliphatic carbocycles. The number of carbonyl (C=O) groups excluding carboxylic acids is 1. The van der Waals surface area contributed by atoms with Crippen molar-refractivity contribution in [1.29, 1.82) is 0 Å². The van der Waals surface area contributed by atoms with Gasteiger partial charge in [-0.05, 0) is 43.3 Å². The van der Waals surface area contributed by atoms with E-state index in [0.29, 0.717) is 24.3 Å². The predicted octanol–water partition coefficient (Wildman–Crippen LogP) is 2.64. The molecule has 8 heteroatoms. The fourth-order valence-electron chi connectivity index (χ4n) is 2.21. The summed E-state index contributed by atoms with van der Waals surface area (Å²) in [5, 5.41) is 6.00. The number of anilines is 1. The van der Waals surface area contributed by atoms with Crippen molar-refractivity contribution >= 4 is 34.0 Å². The van der Waals surface area contributed by atoms with Crippen LogP contribution in [0.1, 0.15) is 23.7 Å². The normalized spacial score (nSPS) is 10.7. The lowest BCUT2D eigenvalue weighted by atomic mass is 10.2. The quantitative estimate of drug-likeness (QED) is 0.567. The number of hydrogen-bond acceptors (Lipinski definition) is 4. The minimum Gasteiger partial charge on any atom is -0.351 e. The minimum absolute atomic E-state index is 0. The zero-order valence-electron chi connectivity index (χ0n) is 14.6. The lowest BCUT2D eigenvalue weighted by molar-refractivity contribution is 0.0954. The average Bonchev–Trinajstić information content (AvgIpc) is 2.62. The summed E-state index contributed by atoms with van der Waals surface area (Å²) in [5.74, 6) is -0.237. The van der Waals surface area contributed by atoms with E-state index in [1.54, 1.807) is 36.4 Å². The monoisotopic (exact) mass is 397 g/mol. The van der Waals surface area contributed by atoms with Gasteiger partial charge in [-0.2, -0.15) is 0 Å². The summed E-state index contributed by atoms with van der Waals surface area (Å²) in [6.45, 7) is 4.19. The second-order valence-corrected chi connectivity index (χ2v) is 7.19. The molecule has 3 N–H and O–H groups in total. The molecule has 0 aliphatic rings. The second-order valence-electron chi connectivity index (χ2n) is 5.51. The number of halogens is 1. The van der Waals surface area contributed by atoms with E-state index >= 15 is 0 Å². The van der Waals surface area contributed by atoms with Crippen molar-refractivity contribution in [1.82, 2.24) is 10.6 Å². The Morgan fingerprint density at radius 2 is 1.69 bits per heavy atom. The van der Waals surface area contributed by atoms with E-state index < -0.39 is 10.0 Å². The van der Waals surface area contributed by atoms with Crippen molar-refractivity contribution in [3.8, 4) is 0 Å². The fourth-order valence-corrected chi connectivity index (χ4v) is 3.28. The van der Waals surface area contributed by atoms with E-state index in [1.807, 2.05) is 0 Å². The molecule has 0 saturated heterocycles. The Morgan fingerprint density at radius 3 is 2.38 bits per heavy atom. The number of amides is 1. The molecule has 0 atom stereocenters. The molecule has 2 rings (SSSR count). The standard InChI is InChI=1S/C18H23N3O3S.ClH/c1-2-11-19-12-13-20-18(22)15-7-6-8-16(14-15)21-25(23,24)17-9-4-3-5-10-17;/h3-10,14,19,21H,2,11-13H2,1H3,(H,20,22);1H. The molecule has 0 spiro atoms. The molecule has 26 heavy (non-hydrogen) atoms. The lowest BCUT2D eigenvalue weighted by Gasteiger charge is -2.10. The highest BCUT2D eigenvalue weighted by Crippen LogP contribution is 2.17. The Hall–Kier alpha value is -2.09. The highest BCUT2D eigenvalue weighted by Gasteiger charge is 2.14. The molecule has 0 radical (unpaired) electrons. The molecule has 2 aromatic rings. The van der Waals surface area contributed by atoms with Gasteiger partial charge in [0.25, 0.3) is 15.9 Å². The Labute approximate surface area is 160 Å². The molecule has 2 aromatic carbocycles. The highest BCUT2D eigenvalue weighted by atomic mass is 35.5. The predicted molar refractivity (Wildman–Crippen MR) is 106 cm³/mol. The molecule has 0 heterocycles. The third kappa shape index (κ3) is 6.67. The molecule has 6 nitrogen and oxygen atoms in total. The second kappa shape index (κ2) is 10.8. The van der Waals surface area contributed by atoms with Gasteiger partial charge in [0, 0.05) is 24.3 Å². The molecular formula is C18H24ClN3O3S. The van der Waals surface area contributed by atoms with Gasteiger partial charge in [0.1, 0.15) is 0 Å². The number of benzene rings is 2. The smallest absolute Gasteiger partial charge is 0.261 e. The number of rotatable bonds is 9. The zero-order valence-corrected chi connectivity index (χ0v) is 16.2. The zero-order chi connectivity index (χ0) is 18.1. The largest absolute Gasteiger partial charge is 0.351 e. The van der Waals surface area contributed by atoms with E-state index in [0.717, 1.165) is 13.0 Å². The summed E-state index contributed by atoms with van der Waals surface area (Å²) in [6.07, 6.45) is 1.04. The first kappa shape index (κ1) is 22.0. The van der Waals surface area contributed by atoms with Crippen LogP contribution in [0.5, 0.6) is 0 Å². The van der Waals surface area contributed by atoms with Crippen molar-refractivity contribution < 1.29 is 13.2 Å². The maximum absolute atomic E-state index is 12.3. The van der Waals surface area contributed by atoms with Crippen molar-refractivity contribution in [3.05, 3.63) is 60.2 Å². The molecule has 0 aliphatic heterocycles. The summed E-state index contributed by atoms with van der Waals surface area (Å²) in [7, 11) is -3.67. The summed E-state index contributed by atoms with van der Waals surface area (Å²) in [5.41, 5.74) is 0.754. The topological polar surface area (TPSA) is 87.3 Å². The van der Waals surface area contributed by atoms with Crippen molar-refractivity contribution in [3.63, 3.8) is 0 Å². The maximum Gasteiger partial charge on any atom is 0.261 e. The fraction of sp³-hybridized carbons (Fsp3) is 0.278. The summed E-state index contributed by atoms with van der Waals surface area (Å²) in [4.78, 5) is 12.3. The van der Waals surface area contributed by atoms with Crippen LogP contribution in [-0.4, -0.2) is 34.0 Å². The number of hydrogen-bond donors (Lipinski definition) is 3. The van der Waals surface area contributed by atoms with Gasteiger partial charge in [0.15, 0.2) is 0 Å². The van der Waals surface area contributed by atoms with Crippen LogP contribution < -0.4 is 15.4 Å². The molecule has 0 saturated carbocycles. The molecule has 1 amide bonds. The Kier molecular flexibility index (Phi) is 9.12. The Morgan fingerprint density at radius 1 is 0.962 bits per heavy atom. The van der Waals surface area contributed by atoms with Gasteiger partial charge in [0.05, 0.1) is 4.90 Å². The first-order chi connectivity index (χ1) is 12.0. The van der Waals surface area contributed by atoms with E-state index in [1.165, 1.54) is 18.2 Å².